The molecule has 0 heterocycles. The average Bonchev–Trinajstić information content (AvgIpc) is 3.05. The fourth-order valence-corrected chi connectivity index (χ4v) is 4.96. The van der Waals surface area contributed by atoms with Crippen molar-refractivity contribution in [3.8, 4) is 0 Å². The van der Waals surface area contributed by atoms with Gasteiger partial charge in [-0.25, -0.2) is 13.2 Å². The summed E-state index contributed by atoms with van der Waals surface area (Å²) in [6, 6.07) is -0.452. The minimum Gasteiger partial charge on any atom is -0.338 e. The highest BCUT2D eigenvalue weighted by Gasteiger charge is 2.39. The highest BCUT2D eigenvalue weighted by molar-refractivity contribution is 7.91. The second-order valence-corrected chi connectivity index (χ2v) is 9.18. The number of nitrogens with one attached hydrogen (secondary N) is 1. The van der Waals surface area contributed by atoms with Gasteiger partial charge in [-0.1, -0.05) is 13.3 Å². The van der Waals surface area contributed by atoms with E-state index >= 15 is 0 Å². The molecule has 21 heavy (non-hydrogen) atoms. The highest BCUT2D eigenvalue weighted by atomic mass is 32.2. The van der Waals surface area contributed by atoms with Crippen molar-refractivity contribution >= 4 is 15.9 Å². The molecular formula is C15H28N2O3S. The number of amides is 2. The van der Waals surface area contributed by atoms with Crippen molar-refractivity contribution in [2.75, 3.05) is 25.1 Å². The Kier molecular flexibility index (Phi) is 5.17. The van der Waals surface area contributed by atoms with Crippen LogP contribution >= 0.6 is 0 Å². The lowest BCUT2D eigenvalue weighted by Crippen LogP contribution is -2.46. The molecule has 0 spiro atoms. The smallest absolute Gasteiger partial charge is 0.317 e. The summed E-state index contributed by atoms with van der Waals surface area (Å²) in [7, 11) is -1.38. The summed E-state index contributed by atoms with van der Waals surface area (Å²) in [6.07, 6.45) is 5.25. The summed E-state index contributed by atoms with van der Waals surface area (Å²) in [5.74, 6) is 2.44. The molecule has 2 fully saturated rings. The minimum atomic E-state index is -3.06. The van der Waals surface area contributed by atoms with Crippen molar-refractivity contribution in [1.82, 2.24) is 10.2 Å². The first kappa shape index (κ1) is 16.6. The van der Waals surface area contributed by atoms with Crippen LogP contribution in [0.1, 0.15) is 39.5 Å². The van der Waals surface area contributed by atoms with E-state index in [-0.39, 0.29) is 23.6 Å². The SMILES string of the molecule is CCS(=O)(=O)CC(C)N(C)C(=O)NCC1CC2CCC1C2. The van der Waals surface area contributed by atoms with Crippen molar-refractivity contribution < 1.29 is 13.2 Å². The molecule has 1 N–H and O–H groups in total. The van der Waals surface area contributed by atoms with Gasteiger partial charge in [-0.2, -0.15) is 0 Å². The van der Waals surface area contributed by atoms with Crippen molar-refractivity contribution in [1.29, 1.82) is 0 Å². The molecule has 5 nitrogen and oxygen atoms in total. The van der Waals surface area contributed by atoms with Gasteiger partial charge in [-0.05, 0) is 43.9 Å². The zero-order valence-corrected chi connectivity index (χ0v) is 14.2. The lowest BCUT2D eigenvalue weighted by atomic mass is 9.89. The summed E-state index contributed by atoms with van der Waals surface area (Å²) in [5.41, 5.74) is 0. The first-order valence-electron chi connectivity index (χ1n) is 8.03. The summed E-state index contributed by atoms with van der Waals surface area (Å²) >= 11 is 0. The maximum atomic E-state index is 12.1. The molecule has 2 saturated carbocycles. The number of urea groups is 1. The molecule has 0 aromatic carbocycles. The Balaban J connectivity index is 1.77. The standard InChI is InChI=1S/C15H28N2O3S/c1-4-21(19,20)10-11(2)17(3)15(18)16-9-14-8-12-5-6-13(14)7-12/h11-14H,4-10H2,1-3H3,(H,16,18). The number of hydrogen-bond acceptors (Lipinski definition) is 3. The highest BCUT2D eigenvalue weighted by Crippen LogP contribution is 2.47. The summed E-state index contributed by atoms with van der Waals surface area (Å²) in [6.45, 7) is 4.15. The Morgan fingerprint density at radius 2 is 2.05 bits per heavy atom. The largest absolute Gasteiger partial charge is 0.338 e. The number of carbonyl (C=O) groups is 1. The first-order valence-corrected chi connectivity index (χ1v) is 9.85. The fraction of sp³-hybridized carbons (Fsp3) is 0.933. The zero-order chi connectivity index (χ0) is 15.6. The molecule has 0 aromatic rings. The molecule has 2 aliphatic carbocycles. The molecule has 6 heteroatoms. The van der Waals surface area contributed by atoms with Gasteiger partial charge in [0.25, 0.3) is 0 Å². The lowest BCUT2D eigenvalue weighted by Gasteiger charge is -2.27. The average molecular weight is 316 g/mol. The molecule has 4 unspecified atom stereocenters. The molecule has 2 aliphatic rings. The van der Waals surface area contributed by atoms with Gasteiger partial charge in [0.05, 0.1) is 5.75 Å². The van der Waals surface area contributed by atoms with E-state index in [1.165, 1.54) is 30.6 Å². The molecular weight excluding hydrogens is 288 g/mol. The van der Waals surface area contributed by atoms with E-state index in [9.17, 15) is 13.2 Å². The van der Waals surface area contributed by atoms with Gasteiger partial charge in [0.1, 0.15) is 0 Å². The number of nitrogens with zero attached hydrogens (tertiary/aromatic N) is 1. The van der Waals surface area contributed by atoms with Crippen molar-refractivity contribution in [3.05, 3.63) is 0 Å². The molecule has 122 valence electrons. The Morgan fingerprint density at radius 3 is 2.57 bits per heavy atom. The summed E-state index contributed by atoms with van der Waals surface area (Å²) in [5, 5.41) is 2.99. The molecule has 0 aliphatic heterocycles. The third-order valence-electron chi connectivity index (χ3n) is 5.32. The third-order valence-corrected chi connectivity index (χ3v) is 7.19. The maximum Gasteiger partial charge on any atom is 0.317 e. The third kappa shape index (κ3) is 4.11. The molecule has 0 radical (unpaired) electrons. The van der Waals surface area contributed by atoms with Crippen LogP contribution in [0.15, 0.2) is 0 Å². The number of carbonyl (C=O) groups excluding carboxylic acids is 1. The molecule has 2 bridgehead atoms. The van der Waals surface area contributed by atoms with E-state index in [1.807, 2.05) is 0 Å². The van der Waals surface area contributed by atoms with E-state index in [1.54, 1.807) is 20.9 Å². The van der Waals surface area contributed by atoms with Crippen LogP contribution in [0.5, 0.6) is 0 Å². The van der Waals surface area contributed by atoms with Crippen LogP contribution in [-0.2, 0) is 9.84 Å². The van der Waals surface area contributed by atoms with Crippen LogP contribution in [0.4, 0.5) is 4.79 Å². The van der Waals surface area contributed by atoms with Gasteiger partial charge in [-0.15, -0.1) is 0 Å². The van der Waals surface area contributed by atoms with Crippen LogP contribution in [-0.4, -0.2) is 50.5 Å². The topological polar surface area (TPSA) is 66.5 Å². The second kappa shape index (κ2) is 6.55. The number of hydrogen-bond donors (Lipinski definition) is 1. The van der Waals surface area contributed by atoms with Gasteiger partial charge in [0.15, 0.2) is 9.84 Å². The predicted molar refractivity (Wildman–Crippen MR) is 83.9 cm³/mol. The van der Waals surface area contributed by atoms with E-state index in [0.29, 0.717) is 5.92 Å². The van der Waals surface area contributed by atoms with Crippen LogP contribution in [0.2, 0.25) is 0 Å². The Labute approximate surface area is 128 Å². The number of rotatable bonds is 6. The van der Waals surface area contributed by atoms with Gasteiger partial charge in [0.2, 0.25) is 0 Å². The zero-order valence-electron chi connectivity index (χ0n) is 13.3. The van der Waals surface area contributed by atoms with Crippen LogP contribution in [0, 0.1) is 17.8 Å². The van der Waals surface area contributed by atoms with Crippen LogP contribution < -0.4 is 5.32 Å². The van der Waals surface area contributed by atoms with Crippen molar-refractivity contribution in [3.63, 3.8) is 0 Å². The molecule has 2 rings (SSSR count). The summed E-state index contributed by atoms with van der Waals surface area (Å²) < 4.78 is 23.3. The molecule has 0 aromatic heterocycles. The maximum absolute atomic E-state index is 12.1. The molecule has 2 amide bonds. The Morgan fingerprint density at radius 1 is 1.33 bits per heavy atom. The quantitative estimate of drug-likeness (QED) is 0.814. The van der Waals surface area contributed by atoms with Crippen molar-refractivity contribution in [2.24, 2.45) is 17.8 Å². The number of sulfone groups is 1. The predicted octanol–water partition coefficient (Wildman–Crippen LogP) is 1.89. The van der Waals surface area contributed by atoms with Crippen LogP contribution in [0.25, 0.3) is 0 Å². The van der Waals surface area contributed by atoms with Gasteiger partial charge >= 0.3 is 6.03 Å². The van der Waals surface area contributed by atoms with E-state index in [4.69, 9.17) is 0 Å². The van der Waals surface area contributed by atoms with Crippen molar-refractivity contribution in [2.45, 2.75) is 45.6 Å². The Bertz CT molecular complexity index is 477. The molecule has 0 saturated heterocycles. The van der Waals surface area contributed by atoms with Gasteiger partial charge in [0, 0.05) is 25.4 Å². The fourth-order valence-electron chi connectivity index (χ4n) is 3.77. The normalized spacial score (nSPS) is 29.4. The van der Waals surface area contributed by atoms with E-state index in [0.717, 1.165) is 18.4 Å². The van der Waals surface area contributed by atoms with E-state index in [2.05, 4.69) is 5.32 Å². The van der Waals surface area contributed by atoms with Crippen LogP contribution in [0.3, 0.4) is 0 Å². The first-order chi connectivity index (χ1) is 9.82. The van der Waals surface area contributed by atoms with Gasteiger partial charge < -0.3 is 10.2 Å². The monoisotopic (exact) mass is 316 g/mol. The lowest BCUT2D eigenvalue weighted by molar-refractivity contribution is 0.193. The summed E-state index contributed by atoms with van der Waals surface area (Å²) in [4.78, 5) is 13.7. The minimum absolute atomic E-state index is 0.0293. The Hall–Kier alpha value is -0.780. The second-order valence-electron chi connectivity index (χ2n) is 6.78. The van der Waals surface area contributed by atoms with E-state index < -0.39 is 9.84 Å². The number of fused-ring (bicyclic) bond motifs is 2. The molecule has 4 atom stereocenters. The van der Waals surface area contributed by atoms with Gasteiger partial charge in [-0.3, -0.25) is 0 Å².